The van der Waals surface area contributed by atoms with Crippen molar-refractivity contribution in [3.05, 3.63) is 86.3 Å². The van der Waals surface area contributed by atoms with Crippen LogP contribution in [0.2, 0.25) is 0 Å². The van der Waals surface area contributed by atoms with Gasteiger partial charge in [0, 0.05) is 25.8 Å². The van der Waals surface area contributed by atoms with Crippen molar-refractivity contribution in [3.63, 3.8) is 0 Å². The Labute approximate surface area is 177 Å². The minimum atomic E-state index is -0.400. The number of hydrogen-bond acceptors (Lipinski definition) is 4. The molecule has 2 aromatic carbocycles. The average molecular weight is 419 g/mol. The van der Waals surface area contributed by atoms with Crippen molar-refractivity contribution < 1.29 is 4.39 Å². The minimum absolute atomic E-state index is 0.200. The fourth-order valence-corrected chi connectivity index (χ4v) is 4.26. The van der Waals surface area contributed by atoms with Gasteiger partial charge >= 0.3 is 5.69 Å². The van der Waals surface area contributed by atoms with Gasteiger partial charge in [0.25, 0.3) is 5.56 Å². The molecule has 31 heavy (non-hydrogen) atoms. The van der Waals surface area contributed by atoms with Crippen LogP contribution in [0.25, 0.3) is 11.2 Å². The van der Waals surface area contributed by atoms with Crippen LogP contribution in [-0.4, -0.2) is 25.2 Å². The van der Waals surface area contributed by atoms with Gasteiger partial charge in [-0.1, -0.05) is 29.8 Å². The summed E-state index contributed by atoms with van der Waals surface area (Å²) in [6.45, 7) is 3.50. The second-order valence-electron chi connectivity index (χ2n) is 7.94. The largest absolute Gasteiger partial charge is 0.332 e. The molecule has 0 unspecified atom stereocenters. The molecule has 0 saturated heterocycles. The molecule has 0 fully saturated rings. The zero-order chi connectivity index (χ0) is 21.7. The Bertz CT molecular complexity index is 1420. The zero-order valence-electron chi connectivity index (χ0n) is 17.4. The SMILES string of the molecule is Cc1cccc(Cn2c(=O)c3c(nc4n3CCCN4c3ccc(F)cc3)n(C)c2=O)c1. The second kappa shape index (κ2) is 7.23. The van der Waals surface area contributed by atoms with E-state index in [0.29, 0.717) is 30.2 Å². The maximum atomic E-state index is 13.4. The summed E-state index contributed by atoms with van der Waals surface area (Å²) in [4.78, 5) is 33.1. The molecule has 2 aromatic heterocycles. The van der Waals surface area contributed by atoms with Crippen molar-refractivity contribution >= 4 is 22.8 Å². The van der Waals surface area contributed by atoms with Crippen molar-refractivity contribution in [2.24, 2.45) is 7.05 Å². The molecule has 3 heterocycles. The van der Waals surface area contributed by atoms with Crippen molar-refractivity contribution in [2.45, 2.75) is 26.4 Å². The molecule has 0 atom stereocenters. The van der Waals surface area contributed by atoms with E-state index in [4.69, 9.17) is 0 Å². The summed E-state index contributed by atoms with van der Waals surface area (Å²) in [5, 5.41) is 0. The van der Waals surface area contributed by atoms with Crippen LogP contribution in [0.15, 0.2) is 58.1 Å². The topological polar surface area (TPSA) is 65.1 Å². The molecular weight excluding hydrogens is 397 g/mol. The lowest BCUT2D eigenvalue weighted by molar-refractivity contribution is 0.596. The third-order valence-corrected chi connectivity index (χ3v) is 5.78. The number of benzene rings is 2. The number of hydrogen-bond donors (Lipinski definition) is 0. The molecule has 0 bridgehead atoms. The van der Waals surface area contributed by atoms with Crippen LogP contribution in [-0.2, 0) is 20.1 Å². The lowest BCUT2D eigenvalue weighted by Gasteiger charge is -2.29. The van der Waals surface area contributed by atoms with Crippen molar-refractivity contribution in [1.29, 1.82) is 0 Å². The molecule has 4 aromatic rings. The van der Waals surface area contributed by atoms with Gasteiger partial charge in [0.05, 0.1) is 6.54 Å². The fourth-order valence-electron chi connectivity index (χ4n) is 4.26. The minimum Gasteiger partial charge on any atom is -0.312 e. The first-order valence-corrected chi connectivity index (χ1v) is 10.2. The summed E-state index contributed by atoms with van der Waals surface area (Å²) in [6.07, 6.45) is 0.802. The fraction of sp³-hybridized carbons (Fsp3) is 0.261. The summed E-state index contributed by atoms with van der Waals surface area (Å²) in [5.74, 6) is 0.281. The number of aryl methyl sites for hydroxylation is 3. The molecular formula is C23H22FN5O2. The molecule has 1 aliphatic heterocycles. The lowest BCUT2D eigenvalue weighted by Crippen LogP contribution is -2.40. The third kappa shape index (κ3) is 3.15. The van der Waals surface area contributed by atoms with Crippen LogP contribution >= 0.6 is 0 Å². The van der Waals surface area contributed by atoms with Crippen LogP contribution < -0.4 is 16.1 Å². The second-order valence-corrected chi connectivity index (χ2v) is 7.94. The van der Waals surface area contributed by atoms with E-state index in [0.717, 1.165) is 23.2 Å². The molecule has 5 rings (SSSR count). The predicted octanol–water partition coefficient (Wildman–Crippen LogP) is 2.93. The highest BCUT2D eigenvalue weighted by molar-refractivity contribution is 5.77. The maximum absolute atomic E-state index is 13.4. The molecule has 1 aliphatic rings. The van der Waals surface area contributed by atoms with Crippen LogP contribution in [0.4, 0.5) is 16.0 Å². The summed E-state index contributed by atoms with van der Waals surface area (Å²) in [5.41, 5.74) is 2.78. The van der Waals surface area contributed by atoms with E-state index < -0.39 is 5.69 Å². The van der Waals surface area contributed by atoms with E-state index in [9.17, 15) is 14.0 Å². The monoisotopic (exact) mass is 419 g/mol. The Morgan fingerprint density at radius 2 is 1.84 bits per heavy atom. The van der Waals surface area contributed by atoms with Gasteiger partial charge in [0.2, 0.25) is 5.95 Å². The summed E-state index contributed by atoms with van der Waals surface area (Å²) < 4.78 is 18.0. The Hall–Kier alpha value is -3.68. The predicted molar refractivity (Wildman–Crippen MR) is 118 cm³/mol. The normalized spacial score (nSPS) is 13.6. The molecule has 0 aliphatic carbocycles. The molecule has 158 valence electrons. The van der Waals surface area contributed by atoms with Gasteiger partial charge in [-0.2, -0.15) is 4.98 Å². The number of nitrogens with zero attached hydrogens (tertiary/aromatic N) is 5. The number of imidazole rings is 1. The van der Waals surface area contributed by atoms with Crippen molar-refractivity contribution in [1.82, 2.24) is 18.7 Å². The number of aromatic nitrogens is 4. The summed E-state index contributed by atoms with van der Waals surface area (Å²) in [7, 11) is 1.64. The van der Waals surface area contributed by atoms with E-state index in [-0.39, 0.29) is 17.9 Å². The zero-order valence-corrected chi connectivity index (χ0v) is 17.4. The van der Waals surface area contributed by atoms with Crippen LogP contribution in [0.1, 0.15) is 17.5 Å². The smallest absolute Gasteiger partial charge is 0.312 e. The number of anilines is 2. The molecule has 0 N–H and O–H groups in total. The van der Waals surface area contributed by atoms with Gasteiger partial charge < -0.3 is 9.47 Å². The van der Waals surface area contributed by atoms with Gasteiger partial charge in [-0.25, -0.2) is 9.18 Å². The third-order valence-electron chi connectivity index (χ3n) is 5.78. The number of rotatable bonds is 3. The summed E-state index contributed by atoms with van der Waals surface area (Å²) in [6, 6.07) is 14.0. The first-order valence-electron chi connectivity index (χ1n) is 10.2. The quantitative estimate of drug-likeness (QED) is 0.512. The van der Waals surface area contributed by atoms with E-state index in [2.05, 4.69) is 4.98 Å². The van der Waals surface area contributed by atoms with Crippen LogP contribution in [0, 0.1) is 12.7 Å². The first kappa shape index (κ1) is 19.3. The van der Waals surface area contributed by atoms with Crippen molar-refractivity contribution in [3.8, 4) is 0 Å². The average Bonchev–Trinajstić information content (AvgIpc) is 3.16. The van der Waals surface area contributed by atoms with Gasteiger partial charge in [-0.15, -0.1) is 0 Å². The van der Waals surface area contributed by atoms with Crippen LogP contribution in [0.5, 0.6) is 0 Å². The molecule has 8 heteroatoms. The Morgan fingerprint density at radius 1 is 1.06 bits per heavy atom. The first-order chi connectivity index (χ1) is 14.9. The molecule has 0 saturated carbocycles. The van der Waals surface area contributed by atoms with E-state index >= 15 is 0 Å². The highest BCUT2D eigenvalue weighted by Crippen LogP contribution is 2.30. The van der Waals surface area contributed by atoms with E-state index in [1.54, 1.807) is 19.2 Å². The lowest BCUT2D eigenvalue weighted by atomic mass is 10.1. The highest BCUT2D eigenvalue weighted by Gasteiger charge is 2.27. The van der Waals surface area contributed by atoms with E-state index in [1.165, 1.54) is 21.3 Å². The Kier molecular flexibility index (Phi) is 4.50. The van der Waals surface area contributed by atoms with Crippen molar-refractivity contribution in [2.75, 3.05) is 11.4 Å². The number of fused-ring (bicyclic) bond motifs is 3. The molecule has 7 nitrogen and oxygen atoms in total. The van der Waals surface area contributed by atoms with Crippen LogP contribution in [0.3, 0.4) is 0 Å². The van der Waals surface area contributed by atoms with Gasteiger partial charge in [0.15, 0.2) is 11.2 Å². The van der Waals surface area contributed by atoms with E-state index in [1.807, 2.05) is 40.7 Å². The standard InChI is InChI=1S/C23H22FN5O2/c1-15-5-3-6-16(13-15)14-29-21(30)19-20(26(2)23(29)31)25-22-27(11-4-12-28(19)22)18-9-7-17(24)8-10-18/h3,5-10,13H,4,11-12,14H2,1-2H3. The molecule has 0 radical (unpaired) electrons. The maximum Gasteiger partial charge on any atom is 0.332 e. The van der Waals surface area contributed by atoms with Gasteiger partial charge in [-0.3, -0.25) is 13.9 Å². The molecule has 0 amide bonds. The molecule has 0 spiro atoms. The van der Waals surface area contributed by atoms with Gasteiger partial charge in [0.1, 0.15) is 5.82 Å². The Morgan fingerprint density at radius 3 is 2.58 bits per heavy atom. The summed E-state index contributed by atoms with van der Waals surface area (Å²) >= 11 is 0. The highest BCUT2D eigenvalue weighted by atomic mass is 19.1. The number of halogens is 1. The Balaban J connectivity index is 1.69. The van der Waals surface area contributed by atoms with Gasteiger partial charge in [-0.05, 0) is 43.2 Å².